The second-order valence-electron chi connectivity index (χ2n) is 7.46. The molecule has 1 fully saturated rings. The van der Waals surface area contributed by atoms with Gasteiger partial charge in [0.25, 0.3) is 12.3 Å². The maximum Gasteiger partial charge on any atom is 0.284 e. The molecule has 29 heavy (non-hydrogen) atoms. The zero-order valence-corrected chi connectivity index (χ0v) is 16.3. The van der Waals surface area contributed by atoms with E-state index in [4.69, 9.17) is 0 Å². The van der Waals surface area contributed by atoms with Crippen LogP contribution in [0.2, 0.25) is 0 Å². The van der Waals surface area contributed by atoms with E-state index < -0.39 is 18.0 Å². The van der Waals surface area contributed by atoms with Crippen LogP contribution >= 0.6 is 0 Å². The fourth-order valence-electron chi connectivity index (χ4n) is 3.65. The molecule has 3 heterocycles. The van der Waals surface area contributed by atoms with Gasteiger partial charge in [-0.1, -0.05) is 19.3 Å². The molecule has 1 amide bonds. The first-order valence-electron chi connectivity index (χ1n) is 9.64. The highest BCUT2D eigenvalue weighted by Gasteiger charge is 2.25. The smallest absolute Gasteiger partial charge is 0.284 e. The Morgan fingerprint density at radius 3 is 2.72 bits per heavy atom. The summed E-state index contributed by atoms with van der Waals surface area (Å²) in [5, 5.41) is 10.8. The number of hydrogen-bond acceptors (Lipinski definition) is 5. The number of aromatic nitrogens is 5. The summed E-state index contributed by atoms with van der Waals surface area (Å²) in [7, 11) is 3.67. The summed E-state index contributed by atoms with van der Waals surface area (Å²) in [6.45, 7) is 0. The Hall–Kier alpha value is -3.04. The van der Waals surface area contributed by atoms with Crippen molar-refractivity contribution in [3.8, 4) is 0 Å². The van der Waals surface area contributed by atoms with Crippen LogP contribution in [-0.2, 0) is 0 Å². The molecule has 0 atom stereocenters. The predicted molar refractivity (Wildman–Crippen MR) is 105 cm³/mol. The molecule has 0 saturated heterocycles. The largest absolute Gasteiger partial charge is 0.363 e. The molecule has 154 valence electrons. The molecule has 8 nitrogen and oxygen atoms in total. The maximum absolute atomic E-state index is 13.5. The number of carbonyl (C=O) groups excluding carboxylic acids is 1. The Morgan fingerprint density at radius 1 is 1.28 bits per heavy atom. The van der Waals surface area contributed by atoms with E-state index in [9.17, 15) is 13.6 Å². The number of halogens is 2. The Kier molecular flexibility index (Phi) is 5.16. The third kappa shape index (κ3) is 3.79. The lowest BCUT2D eigenvalue weighted by molar-refractivity contribution is 0.102. The number of carbonyl (C=O) groups is 1. The summed E-state index contributed by atoms with van der Waals surface area (Å²) in [5.41, 5.74) is 0.173. The van der Waals surface area contributed by atoms with E-state index in [1.54, 1.807) is 21.8 Å². The molecule has 3 aromatic rings. The lowest BCUT2D eigenvalue weighted by atomic mass is 9.96. The van der Waals surface area contributed by atoms with Gasteiger partial charge in [-0.2, -0.15) is 10.2 Å². The highest BCUT2D eigenvalue weighted by molar-refractivity contribution is 6.08. The van der Waals surface area contributed by atoms with Crippen molar-refractivity contribution in [2.24, 2.45) is 0 Å². The van der Waals surface area contributed by atoms with Crippen molar-refractivity contribution in [2.45, 2.75) is 44.6 Å². The van der Waals surface area contributed by atoms with Gasteiger partial charge in [0.05, 0.1) is 17.9 Å². The monoisotopic (exact) mass is 403 g/mol. The predicted octanol–water partition coefficient (Wildman–Crippen LogP) is 3.69. The molecule has 0 spiro atoms. The van der Waals surface area contributed by atoms with Crippen molar-refractivity contribution in [3.63, 3.8) is 0 Å². The minimum atomic E-state index is -2.78. The number of fused-ring (bicyclic) bond motifs is 1. The van der Waals surface area contributed by atoms with E-state index in [1.165, 1.54) is 16.9 Å². The summed E-state index contributed by atoms with van der Waals surface area (Å²) < 4.78 is 30.1. The van der Waals surface area contributed by atoms with Gasteiger partial charge in [-0.05, 0) is 18.9 Å². The molecule has 1 aliphatic carbocycles. The molecular formula is C19H23F2N7O. The number of amides is 1. The van der Waals surface area contributed by atoms with E-state index in [1.807, 2.05) is 14.1 Å². The van der Waals surface area contributed by atoms with Crippen LogP contribution in [0.1, 0.15) is 60.6 Å². The zero-order chi connectivity index (χ0) is 20.5. The SMILES string of the molecule is CN(C)c1ccn2ncc(C(=O)Nc3cn(C4CCCCC4)nc3C(F)F)c2n1. The van der Waals surface area contributed by atoms with Gasteiger partial charge in [-0.3, -0.25) is 9.48 Å². The second-order valence-corrected chi connectivity index (χ2v) is 7.46. The minimum Gasteiger partial charge on any atom is -0.363 e. The fraction of sp³-hybridized carbons (Fsp3) is 0.474. The van der Waals surface area contributed by atoms with Crippen molar-refractivity contribution >= 4 is 23.1 Å². The molecule has 0 unspecified atom stereocenters. The minimum absolute atomic E-state index is 0.0266. The lowest BCUT2D eigenvalue weighted by Crippen LogP contribution is -2.15. The second kappa shape index (κ2) is 7.76. The summed E-state index contributed by atoms with van der Waals surface area (Å²) >= 11 is 0. The highest BCUT2D eigenvalue weighted by Crippen LogP contribution is 2.32. The molecular weight excluding hydrogens is 380 g/mol. The molecule has 0 aromatic carbocycles. The van der Waals surface area contributed by atoms with E-state index in [2.05, 4.69) is 20.5 Å². The highest BCUT2D eigenvalue weighted by atomic mass is 19.3. The molecule has 4 rings (SSSR count). The summed E-state index contributed by atoms with van der Waals surface area (Å²) in [4.78, 5) is 19.1. The van der Waals surface area contributed by atoms with Gasteiger partial charge >= 0.3 is 0 Å². The van der Waals surface area contributed by atoms with Gasteiger partial charge in [0.2, 0.25) is 0 Å². The average molecular weight is 403 g/mol. The van der Waals surface area contributed by atoms with Crippen LogP contribution in [0.4, 0.5) is 20.3 Å². The van der Waals surface area contributed by atoms with E-state index in [0.717, 1.165) is 32.1 Å². The van der Waals surface area contributed by atoms with E-state index >= 15 is 0 Å². The van der Waals surface area contributed by atoms with Crippen molar-refractivity contribution in [1.29, 1.82) is 0 Å². The third-order valence-corrected chi connectivity index (χ3v) is 5.22. The van der Waals surface area contributed by atoms with Crippen LogP contribution in [0.3, 0.4) is 0 Å². The van der Waals surface area contributed by atoms with Crippen molar-refractivity contribution in [3.05, 3.63) is 35.9 Å². The standard InChI is InChI=1S/C19H23F2N7O/c1-26(2)15-8-9-27-18(24-15)13(10-22-27)19(29)23-14-11-28(25-16(14)17(20)21)12-6-4-3-5-7-12/h8-12,17H,3-7H2,1-2H3,(H,23,29). The number of nitrogens with zero attached hydrogens (tertiary/aromatic N) is 6. The Bertz CT molecular complexity index is 1020. The summed E-state index contributed by atoms with van der Waals surface area (Å²) in [6, 6.07) is 1.86. The van der Waals surface area contributed by atoms with Crippen LogP contribution in [0.5, 0.6) is 0 Å². The Labute approximate surface area is 166 Å². The lowest BCUT2D eigenvalue weighted by Gasteiger charge is -2.21. The molecule has 1 aliphatic rings. The van der Waals surface area contributed by atoms with Gasteiger partial charge in [0.15, 0.2) is 11.3 Å². The summed E-state index contributed by atoms with van der Waals surface area (Å²) in [5.74, 6) is 0.110. The number of anilines is 2. The molecule has 10 heteroatoms. The molecule has 0 aliphatic heterocycles. The van der Waals surface area contributed by atoms with Gasteiger partial charge < -0.3 is 10.2 Å². The third-order valence-electron chi connectivity index (χ3n) is 5.22. The Morgan fingerprint density at radius 2 is 2.03 bits per heavy atom. The summed E-state index contributed by atoms with van der Waals surface area (Å²) in [6.07, 6.45) is 6.88. The molecule has 0 bridgehead atoms. The van der Waals surface area contributed by atoms with Crippen molar-refractivity contribution in [2.75, 3.05) is 24.3 Å². The molecule has 1 N–H and O–H groups in total. The molecule has 1 saturated carbocycles. The van der Waals surface area contributed by atoms with Gasteiger partial charge in [0, 0.05) is 26.5 Å². The van der Waals surface area contributed by atoms with Crippen LogP contribution < -0.4 is 10.2 Å². The molecule has 0 radical (unpaired) electrons. The topological polar surface area (TPSA) is 80.4 Å². The Balaban J connectivity index is 1.63. The van der Waals surface area contributed by atoms with E-state index in [0.29, 0.717) is 11.5 Å². The van der Waals surface area contributed by atoms with Crippen LogP contribution in [-0.4, -0.2) is 44.4 Å². The van der Waals surface area contributed by atoms with Crippen molar-refractivity contribution < 1.29 is 13.6 Å². The van der Waals surface area contributed by atoms with E-state index in [-0.39, 0.29) is 17.3 Å². The number of nitrogens with one attached hydrogen (secondary N) is 1. The number of hydrogen-bond donors (Lipinski definition) is 1. The zero-order valence-electron chi connectivity index (χ0n) is 16.3. The first kappa shape index (κ1) is 19.3. The van der Waals surface area contributed by atoms with Crippen molar-refractivity contribution in [1.82, 2.24) is 24.4 Å². The average Bonchev–Trinajstić information content (AvgIpc) is 3.32. The van der Waals surface area contributed by atoms with Crippen LogP contribution in [0.15, 0.2) is 24.7 Å². The molecule has 3 aromatic heterocycles. The first-order chi connectivity index (χ1) is 13.9. The maximum atomic E-state index is 13.5. The fourth-order valence-corrected chi connectivity index (χ4v) is 3.65. The van der Waals surface area contributed by atoms with Crippen LogP contribution in [0, 0.1) is 0 Å². The first-order valence-corrected chi connectivity index (χ1v) is 9.64. The quantitative estimate of drug-likeness (QED) is 0.703. The van der Waals surface area contributed by atoms with Gasteiger partial charge in [-0.15, -0.1) is 0 Å². The number of rotatable bonds is 5. The van der Waals surface area contributed by atoms with Gasteiger partial charge in [0.1, 0.15) is 11.4 Å². The normalized spacial score (nSPS) is 15.2. The van der Waals surface area contributed by atoms with Crippen LogP contribution in [0.25, 0.3) is 5.65 Å². The number of alkyl halides is 2. The van der Waals surface area contributed by atoms with Gasteiger partial charge in [-0.25, -0.2) is 18.3 Å².